The average molecular weight is 419 g/mol. The number of carbonyl (C=O) groups excluding carboxylic acids is 3. The van der Waals surface area contributed by atoms with Gasteiger partial charge in [0, 0.05) is 22.9 Å². The molecular weight excluding hydrogens is 398 g/mol. The van der Waals surface area contributed by atoms with Crippen LogP contribution in [0.5, 0.6) is 11.5 Å². The van der Waals surface area contributed by atoms with Gasteiger partial charge in [-0.3, -0.25) is 9.59 Å². The van der Waals surface area contributed by atoms with Gasteiger partial charge in [0.25, 0.3) is 5.91 Å². The quantitative estimate of drug-likeness (QED) is 0.441. The van der Waals surface area contributed by atoms with Crippen molar-refractivity contribution < 1.29 is 29.0 Å². The van der Waals surface area contributed by atoms with Crippen LogP contribution < -0.4 is 10.1 Å². The lowest BCUT2D eigenvalue weighted by atomic mass is 10.1. The number of ether oxygens (including phenoxy) is 2. The molecule has 0 spiro atoms. The molecule has 1 atom stereocenters. The SMILES string of the molecule is COc1ccc(C(=O)O[C@H](C(=O)Nc2cccc(C(C)=O)c2)c2ccccc2)c(O)c1. The smallest absolute Gasteiger partial charge is 0.343 e. The van der Waals surface area contributed by atoms with Crippen LogP contribution in [0.3, 0.4) is 0 Å². The van der Waals surface area contributed by atoms with Crippen molar-refractivity contribution in [3.8, 4) is 11.5 Å². The zero-order valence-electron chi connectivity index (χ0n) is 17.0. The number of methoxy groups -OCH3 is 1. The van der Waals surface area contributed by atoms with Gasteiger partial charge in [-0.2, -0.15) is 0 Å². The summed E-state index contributed by atoms with van der Waals surface area (Å²) in [5.74, 6) is -1.57. The molecule has 0 radical (unpaired) electrons. The number of amides is 1. The van der Waals surface area contributed by atoms with Gasteiger partial charge in [-0.25, -0.2) is 4.79 Å². The Bertz CT molecular complexity index is 1110. The number of ketones is 1. The van der Waals surface area contributed by atoms with Gasteiger partial charge in [0.2, 0.25) is 6.10 Å². The molecule has 0 fully saturated rings. The largest absolute Gasteiger partial charge is 0.507 e. The van der Waals surface area contributed by atoms with E-state index in [1.807, 2.05) is 0 Å². The summed E-state index contributed by atoms with van der Waals surface area (Å²) in [5.41, 5.74) is 1.17. The van der Waals surface area contributed by atoms with Crippen molar-refractivity contribution in [3.63, 3.8) is 0 Å². The van der Waals surface area contributed by atoms with E-state index in [9.17, 15) is 19.5 Å². The highest BCUT2D eigenvalue weighted by Crippen LogP contribution is 2.27. The fourth-order valence-corrected chi connectivity index (χ4v) is 2.91. The lowest BCUT2D eigenvalue weighted by Gasteiger charge is -2.19. The molecule has 158 valence electrons. The maximum absolute atomic E-state index is 13.0. The van der Waals surface area contributed by atoms with E-state index in [4.69, 9.17) is 9.47 Å². The highest BCUT2D eigenvalue weighted by atomic mass is 16.5. The van der Waals surface area contributed by atoms with Crippen molar-refractivity contribution in [2.45, 2.75) is 13.0 Å². The zero-order valence-corrected chi connectivity index (χ0v) is 17.0. The van der Waals surface area contributed by atoms with E-state index in [2.05, 4.69) is 5.32 Å². The van der Waals surface area contributed by atoms with E-state index in [1.54, 1.807) is 54.6 Å². The van der Waals surface area contributed by atoms with Gasteiger partial charge >= 0.3 is 5.97 Å². The van der Waals surface area contributed by atoms with Crippen molar-refractivity contribution in [2.75, 3.05) is 12.4 Å². The second-order valence-corrected chi connectivity index (χ2v) is 6.71. The monoisotopic (exact) mass is 419 g/mol. The zero-order chi connectivity index (χ0) is 22.4. The number of phenols is 1. The predicted molar refractivity (Wildman–Crippen MR) is 114 cm³/mol. The fourth-order valence-electron chi connectivity index (χ4n) is 2.91. The molecule has 3 aromatic rings. The summed E-state index contributed by atoms with van der Waals surface area (Å²) in [4.78, 5) is 37.3. The van der Waals surface area contributed by atoms with E-state index in [1.165, 1.54) is 32.2 Å². The van der Waals surface area contributed by atoms with E-state index in [0.717, 1.165) is 0 Å². The number of carbonyl (C=O) groups is 3. The highest BCUT2D eigenvalue weighted by molar-refractivity contribution is 6.00. The summed E-state index contributed by atoms with van der Waals surface area (Å²) in [5, 5.41) is 12.8. The van der Waals surface area contributed by atoms with E-state index in [-0.39, 0.29) is 17.1 Å². The second-order valence-electron chi connectivity index (χ2n) is 6.71. The summed E-state index contributed by atoms with van der Waals surface area (Å²) in [6, 6.07) is 19.1. The highest BCUT2D eigenvalue weighted by Gasteiger charge is 2.27. The molecule has 0 aliphatic heterocycles. The number of anilines is 1. The van der Waals surface area contributed by atoms with Crippen LogP contribution in [0.1, 0.15) is 39.3 Å². The van der Waals surface area contributed by atoms with E-state index in [0.29, 0.717) is 22.6 Å². The summed E-state index contributed by atoms with van der Waals surface area (Å²) < 4.78 is 10.5. The summed E-state index contributed by atoms with van der Waals surface area (Å²) in [6.07, 6.45) is -1.28. The van der Waals surface area contributed by atoms with Crippen molar-refractivity contribution >= 4 is 23.3 Å². The molecule has 7 nitrogen and oxygen atoms in total. The number of benzene rings is 3. The maximum atomic E-state index is 13.0. The van der Waals surface area contributed by atoms with Gasteiger partial charge in [0.05, 0.1) is 7.11 Å². The number of aromatic hydroxyl groups is 1. The summed E-state index contributed by atoms with van der Waals surface area (Å²) in [6.45, 7) is 1.43. The molecule has 31 heavy (non-hydrogen) atoms. The second kappa shape index (κ2) is 9.58. The van der Waals surface area contributed by atoms with Crippen molar-refractivity contribution in [2.24, 2.45) is 0 Å². The first-order valence-electron chi connectivity index (χ1n) is 9.44. The molecule has 0 saturated heterocycles. The third-order valence-electron chi connectivity index (χ3n) is 4.53. The number of hydrogen-bond acceptors (Lipinski definition) is 6. The molecule has 0 aromatic heterocycles. The Morgan fingerprint density at radius 2 is 1.68 bits per heavy atom. The van der Waals surface area contributed by atoms with E-state index < -0.39 is 18.0 Å². The lowest BCUT2D eigenvalue weighted by Crippen LogP contribution is -2.26. The Hall–Kier alpha value is -4.13. The molecule has 0 unspecified atom stereocenters. The molecule has 0 aliphatic carbocycles. The van der Waals surface area contributed by atoms with Gasteiger partial charge in [-0.15, -0.1) is 0 Å². The fraction of sp³-hybridized carbons (Fsp3) is 0.125. The van der Waals surface area contributed by atoms with Crippen molar-refractivity contribution in [3.05, 3.63) is 89.5 Å². The molecular formula is C24H21NO6. The molecule has 1 amide bonds. The Morgan fingerprint density at radius 1 is 0.935 bits per heavy atom. The molecule has 7 heteroatoms. The van der Waals surface area contributed by atoms with Gasteiger partial charge in [-0.05, 0) is 31.2 Å². The number of Topliss-reactive ketones (excluding diaryl/α,β-unsaturated/α-hetero) is 1. The van der Waals surface area contributed by atoms with E-state index >= 15 is 0 Å². The minimum Gasteiger partial charge on any atom is -0.507 e. The lowest BCUT2D eigenvalue weighted by molar-refractivity contribution is -0.125. The number of rotatable bonds is 7. The van der Waals surface area contributed by atoms with Gasteiger partial charge in [-0.1, -0.05) is 42.5 Å². The summed E-state index contributed by atoms with van der Waals surface area (Å²) >= 11 is 0. The first-order chi connectivity index (χ1) is 14.9. The number of hydrogen-bond donors (Lipinski definition) is 2. The predicted octanol–water partition coefficient (Wildman–Crippen LogP) is 4.14. The Labute approximate surface area is 179 Å². The minimum atomic E-state index is -1.28. The molecule has 0 saturated carbocycles. The first-order valence-corrected chi connectivity index (χ1v) is 9.44. The minimum absolute atomic E-state index is 0.104. The third kappa shape index (κ3) is 5.27. The molecule has 2 N–H and O–H groups in total. The van der Waals surface area contributed by atoms with Crippen LogP contribution in [-0.2, 0) is 9.53 Å². The normalized spacial score (nSPS) is 11.3. The molecule has 3 aromatic carbocycles. The molecule has 0 bridgehead atoms. The van der Waals surface area contributed by atoms with Crippen LogP contribution in [0.4, 0.5) is 5.69 Å². The molecule has 0 aliphatic rings. The number of phenolic OH excluding ortho intramolecular Hbond substituents is 1. The first kappa shape index (κ1) is 21.6. The summed E-state index contributed by atoms with van der Waals surface area (Å²) in [7, 11) is 1.43. The van der Waals surface area contributed by atoms with Crippen LogP contribution in [0, 0.1) is 0 Å². The van der Waals surface area contributed by atoms with Crippen LogP contribution in [0.15, 0.2) is 72.8 Å². The topological polar surface area (TPSA) is 102 Å². The van der Waals surface area contributed by atoms with Gasteiger partial charge in [0.15, 0.2) is 5.78 Å². The average Bonchev–Trinajstić information content (AvgIpc) is 2.77. The standard InChI is InChI=1S/C24H21NO6/c1-15(26)17-9-6-10-18(13-17)25-23(28)22(16-7-4-3-5-8-16)31-24(29)20-12-11-19(30-2)14-21(20)27/h3-14,22,27H,1-2H3,(H,25,28)/t22-/m0/s1. The Balaban J connectivity index is 1.87. The molecule has 3 rings (SSSR count). The van der Waals surface area contributed by atoms with Crippen LogP contribution >= 0.6 is 0 Å². The van der Waals surface area contributed by atoms with Crippen LogP contribution in [-0.4, -0.2) is 29.9 Å². The number of nitrogens with one attached hydrogen (secondary N) is 1. The van der Waals surface area contributed by atoms with Crippen LogP contribution in [0.25, 0.3) is 0 Å². The van der Waals surface area contributed by atoms with Gasteiger partial charge < -0.3 is 19.9 Å². The van der Waals surface area contributed by atoms with Gasteiger partial charge in [0.1, 0.15) is 17.1 Å². The molecule has 0 heterocycles. The van der Waals surface area contributed by atoms with Crippen LogP contribution in [0.2, 0.25) is 0 Å². The Morgan fingerprint density at radius 3 is 2.32 bits per heavy atom. The Kier molecular flexibility index (Phi) is 6.67. The maximum Gasteiger partial charge on any atom is 0.343 e. The third-order valence-corrected chi connectivity index (χ3v) is 4.53. The van der Waals surface area contributed by atoms with Crippen molar-refractivity contribution in [1.29, 1.82) is 0 Å². The number of esters is 1. The van der Waals surface area contributed by atoms with Crippen molar-refractivity contribution in [1.82, 2.24) is 0 Å².